The molecule has 1 aromatic heterocycles. The summed E-state index contributed by atoms with van der Waals surface area (Å²) < 4.78 is 14.4. The molecule has 13 heteroatoms. The Bertz CT molecular complexity index is 2000. The number of likely N-dealkylation sites (tertiary alicyclic amines) is 1. The van der Waals surface area contributed by atoms with Crippen molar-refractivity contribution < 1.29 is 38.6 Å². The lowest BCUT2D eigenvalue weighted by atomic mass is 9.52. The number of hydrogen-bond acceptors (Lipinski definition) is 11. The minimum absolute atomic E-state index is 0.00883. The highest BCUT2D eigenvalue weighted by Gasteiger charge is 2.69. The first-order valence-electron chi connectivity index (χ1n) is 17.6. The van der Waals surface area contributed by atoms with Crippen LogP contribution >= 0.6 is 11.3 Å². The van der Waals surface area contributed by atoms with Crippen LogP contribution in [0.4, 0.5) is 10.1 Å². The number of ketones is 4. The van der Waals surface area contributed by atoms with Gasteiger partial charge in [0.05, 0.1) is 17.5 Å². The number of nitrogens with two attached hydrogens (primary N) is 1. The van der Waals surface area contributed by atoms with E-state index >= 15 is 0 Å². The van der Waals surface area contributed by atoms with E-state index in [4.69, 9.17) is 5.73 Å². The summed E-state index contributed by atoms with van der Waals surface area (Å²) in [6, 6.07) is 11.5. The fourth-order valence-corrected chi connectivity index (χ4v) is 10.3. The van der Waals surface area contributed by atoms with Crippen LogP contribution in [0.3, 0.4) is 0 Å². The number of nitrogens with zero attached hydrogens (tertiary/aromatic N) is 3. The molecule has 52 heavy (non-hydrogen) atoms. The number of benzene rings is 2. The molecule has 3 fully saturated rings. The zero-order chi connectivity index (χ0) is 37.4. The quantitative estimate of drug-likeness (QED) is 0.308. The van der Waals surface area contributed by atoms with Gasteiger partial charge in [-0.15, -0.1) is 11.3 Å². The third kappa shape index (κ3) is 5.60. The van der Waals surface area contributed by atoms with Crippen molar-refractivity contribution in [1.82, 2.24) is 9.80 Å². The summed E-state index contributed by atoms with van der Waals surface area (Å²) in [6.07, 6.45) is 1.87. The van der Waals surface area contributed by atoms with Gasteiger partial charge in [-0.2, -0.15) is 0 Å². The molecule has 0 bridgehead atoms. The van der Waals surface area contributed by atoms with Crippen molar-refractivity contribution in [1.29, 1.82) is 0 Å². The number of amides is 1. The second-order valence-electron chi connectivity index (χ2n) is 15.2. The molecule has 11 nitrogen and oxygen atoms in total. The third-order valence-electron chi connectivity index (χ3n) is 11.8. The van der Waals surface area contributed by atoms with Crippen LogP contribution in [0, 0.1) is 29.5 Å². The van der Waals surface area contributed by atoms with Crippen molar-refractivity contribution in [2.75, 3.05) is 46.2 Å². The monoisotopic (exact) mass is 730 g/mol. The Morgan fingerprint density at radius 1 is 1.04 bits per heavy atom. The number of carbonyl (C=O) groups is 5. The molecular formula is C39H43FN4O7S. The van der Waals surface area contributed by atoms with Crippen molar-refractivity contribution in [2.24, 2.45) is 29.4 Å². The Kier molecular flexibility index (Phi) is 9.21. The summed E-state index contributed by atoms with van der Waals surface area (Å²) in [4.78, 5) is 75.5. The van der Waals surface area contributed by atoms with Crippen LogP contribution < -0.4 is 10.6 Å². The standard InChI is InChI=1S/C39H43FN4O7S/c1-42(2)27-17-24(28-10-9-21(52-28)18-44-13-11-19(12-14-44)22-7-5-6-8-26(22)40)33(45)30-23(27)15-20-16-25-32(43(3)4)35(47)31(38(41)50)37(49)39(25,51)36(48)29(20)34(30)46/h5-10,17,19-20,25,29,31-32,45,51H,11-16,18H2,1-4H3,(H2,41,50). The van der Waals surface area contributed by atoms with E-state index in [-0.39, 0.29) is 35.9 Å². The first kappa shape index (κ1) is 36.1. The highest BCUT2D eigenvalue weighted by Crippen LogP contribution is 2.53. The molecular weight excluding hydrogens is 688 g/mol. The van der Waals surface area contributed by atoms with Crippen LogP contribution in [-0.4, -0.2) is 102 Å². The van der Waals surface area contributed by atoms with Crippen LogP contribution in [0.1, 0.15) is 51.5 Å². The molecule has 7 rings (SSSR count). The van der Waals surface area contributed by atoms with Gasteiger partial charge in [-0.3, -0.25) is 33.8 Å². The second kappa shape index (κ2) is 13.3. The van der Waals surface area contributed by atoms with Gasteiger partial charge in [-0.25, -0.2) is 4.39 Å². The Morgan fingerprint density at radius 2 is 1.73 bits per heavy atom. The number of aliphatic hydroxyl groups is 1. The summed E-state index contributed by atoms with van der Waals surface area (Å²) in [5.74, 6) is -10.7. The van der Waals surface area contributed by atoms with Crippen molar-refractivity contribution >= 4 is 46.1 Å². The van der Waals surface area contributed by atoms with Crippen LogP contribution in [0.2, 0.25) is 0 Å². The van der Waals surface area contributed by atoms with E-state index in [0.717, 1.165) is 41.2 Å². The number of rotatable bonds is 7. The topological polar surface area (TPSA) is 162 Å². The molecule has 274 valence electrons. The van der Waals surface area contributed by atoms with Crippen molar-refractivity contribution in [3.8, 4) is 16.2 Å². The van der Waals surface area contributed by atoms with E-state index in [1.165, 1.54) is 22.3 Å². The van der Waals surface area contributed by atoms with E-state index in [0.29, 0.717) is 23.4 Å². The molecule has 4 aliphatic rings. The van der Waals surface area contributed by atoms with Gasteiger partial charge in [0.1, 0.15) is 11.6 Å². The summed E-state index contributed by atoms with van der Waals surface area (Å²) in [6.45, 7) is 2.30. The normalized spacial score (nSPS) is 28.1. The summed E-state index contributed by atoms with van der Waals surface area (Å²) in [7, 11) is 6.77. The molecule has 1 aliphatic heterocycles. The van der Waals surface area contributed by atoms with Crippen LogP contribution in [0.5, 0.6) is 5.75 Å². The molecule has 2 saturated carbocycles. The molecule has 0 spiro atoms. The SMILES string of the molecule is CN(C)c1cc(-c2ccc(CN3CCC(c4ccccc4F)CC3)s2)c(O)c2c1CC1CC3C(N(C)C)C(=O)C(C(N)=O)C(=O)C3(O)C(=O)C1C2=O. The predicted molar refractivity (Wildman–Crippen MR) is 193 cm³/mol. The number of phenols is 1. The number of carbonyl (C=O) groups excluding carboxylic acids is 5. The highest BCUT2D eigenvalue weighted by atomic mass is 32.1. The smallest absolute Gasteiger partial charge is 0.235 e. The molecule has 6 atom stereocenters. The van der Waals surface area contributed by atoms with Crippen LogP contribution in [-0.2, 0) is 32.1 Å². The van der Waals surface area contributed by atoms with Gasteiger partial charge in [0.2, 0.25) is 5.91 Å². The molecule has 2 heterocycles. The summed E-state index contributed by atoms with van der Waals surface area (Å²) in [5, 5.41) is 23.7. The van der Waals surface area contributed by atoms with Gasteiger partial charge < -0.3 is 20.8 Å². The lowest BCUT2D eigenvalue weighted by molar-refractivity contribution is -0.181. The number of piperidine rings is 1. The fourth-order valence-electron chi connectivity index (χ4n) is 9.28. The summed E-state index contributed by atoms with van der Waals surface area (Å²) in [5.41, 5.74) is 5.05. The molecule has 6 unspecified atom stereocenters. The molecule has 4 N–H and O–H groups in total. The number of halogens is 1. The zero-order valence-electron chi connectivity index (χ0n) is 29.6. The molecule has 1 saturated heterocycles. The predicted octanol–water partition coefficient (Wildman–Crippen LogP) is 3.18. The lowest BCUT2D eigenvalue weighted by Crippen LogP contribution is -2.74. The van der Waals surface area contributed by atoms with E-state index in [1.54, 1.807) is 20.2 Å². The minimum atomic E-state index is -2.78. The zero-order valence-corrected chi connectivity index (χ0v) is 30.4. The van der Waals surface area contributed by atoms with E-state index in [9.17, 15) is 38.6 Å². The molecule has 2 aromatic carbocycles. The fraction of sp³-hybridized carbons (Fsp3) is 0.462. The number of aromatic hydroxyl groups is 1. The first-order chi connectivity index (χ1) is 24.6. The van der Waals surface area contributed by atoms with Gasteiger partial charge in [0.15, 0.2) is 34.7 Å². The molecule has 0 radical (unpaired) electrons. The number of likely N-dealkylation sites (N-methyl/N-ethyl adjacent to an activating group) is 1. The Balaban J connectivity index is 1.19. The maximum absolute atomic E-state index is 14.5. The Hall–Kier alpha value is -4.30. The maximum atomic E-state index is 14.5. The Labute approximate surface area is 305 Å². The number of fused-ring (bicyclic) bond motifs is 3. The van der Waals surface area contributed by atoms with Gasteiger partial charge in [0, 0.05) is 47.6 Å². The number of anilines is 1. The average Bonchev–Trinajstić information content (AvgIpc) is 3.54. The maximum Gasteiger partial charge on any atom is 0.235 e. The summed E-state index contributed by atoms with van der Waals surface area (Å²) >= 11 is 1.49. The second-order valence-corrected chi connectivity index (χ2v) is 16.3. The molecule has 3 aromatic rings. The van der Waals surface area contributed by atoms with Crippen LogP contribution in [0.25, 0.3) is 10.4 Å². The van der Waals surface area contributed by atoms with E-state index in [2.05, 4.69) is 4.90 Å². The number of Topliss-reactive ketones (excluding diaryl/α,β-unsaturated/α-hetero) is 4. The molecule has 3 aliphatic carbocycles. The van der Waals surface area contributed by atoms with Gasteiger partial charge >= 0.3 is 0 Å². The van der Waals surface area contributed by atoms with Gasteiger partial charge in [-0.05, 0) is 100 Å². The largest absolute Gasteiger partial charge is 0.506 e. The van der Waals surface area contributed by atoms with Gasteiger partial charge in [-0.1, -0.05) is 18.2 Å². The van der Waals surface area contributed by atoms with Crippen molar-refractivity contribution in [3.63, 3.8) is 0 Å². The third-order valence-corrected chi connectivity index (χ3v) is 12.9. The van der Waals surface area contributed by atoms with E-state index in [1.807, 2.05) is 49.3 Å². The van der Waals surface area contributed by atoms with Crippen LogP contribution in [0.15, 0.2) is 42.5 Å². The average molecular weight is 731 g/mol. The molecule has 1 amide bonds. The van der Waals surface area contributed by atoms with Crippen molar-refractivity contribution in [3.05, 3.63) is 69.8 Å². The number of primary amides is 1. The van der Waals surface area contributed by atoms with Gasteiger partial charge in [0.25, 0.3) is 0 Å². The lowest BCUT2D eigenvalue weighted by Gasteiger charge is -2.52. The highest BCUT2D eigenvalue weighted by molar-refractivity contribution is 7.15. The first-order valence-corrected chi connectivity index (χ1v) is 18.4. The minimum Gasteiger partial charge on any atom is -0.506 e. The Morgan fingerprint density at radius 3 is 2.37 bits per heavy atom. The number of thiophene rings is 1. The van der Waals surface area contributed by atoms with Crippen molar-refractivity contribution in [2.45, 2.75) is 49.8 Å². The van der Waals surface area contributed by atoms with E-state index < -0.39 is 64.4 Å². The number of phenolic OH excluding ortho intramolecular Hbond substituents is 1. The number of hydrogen-bond donors (Lipinski definition) is 3.